The Labute approximate surface area is 198 Å². The minimum atomic E-state index is -2.01. The summed E-state index contributed by atoms with van der Waals surface area (Å²) in [5, 5.41) is 44.4. The number of phenolic OH excluding ortho intramolecular Hbond substituents is 1. The van der Waals surface area contributed by atoms with Crippen LogP contribution < -0.4 is 4.74 Å². The highest BCUT2D eigenvalue weighted by Gasteiger charge is 2.92. The number of aliphatic hydroxyl groups excluding tert-OH is 2. The lowest BCUT2D eigenvalue weighted by atomic mass is 9.78. The molecule has 7 rings (SSSR count). The van der Waals surface area contributed by atoms with Gasteiger partial charge in [0.25, 0.3) is 11.6 Å². The van der Waals surface area contributed by atoms with E-state index in [0.29, 0.717) is 10.9 Å². The van der Waals surface area contributed by atoms with Gasteiger partial charge >= 0.3 is 0 Å². The average Bonchev–Trinajstić information content (AvgIpc) is 3.49. The quantitative estimate of drug-likeness (QED) is 0.352. The van der Waals surface area contributed by atoms with Crippen molar-refractivity contribution in [2.45, 2.75) is 61.2 Å². The summed E-state index contributed by atoms with van der Waals surface area (Å²) in [6.45, 7) is 1.87. The Morgan fingerprint density at radius 2 is 1.86 bits per heavy atom. The zero-order valence-electron chi connectivity index (χ0n) is 19.1. The number of aliphatic hydroxyl groups is 3. The summed E-state index contributed by atoms with van der Waals surface area (Å²) in [5.74, 6) is -4.63. The number of Topliss-reactive ketones (excluding diaryl/α,β-unsaturated/α-hetero) is 1. The van der Waals surface area contributed by atoms with Crippen molar-refractivity contribution in [3.63, 3.8) is 0 Å². The molecule has 11 nitrogen and oxygen atoms in total. The molecule has 0 amide bonds. The molecule has 5 aliphatic rings. The third kappa shape index (κ3) is 2.23. The fourth-order valence-electron chi connectivity index (χ4n) is 6.46. The summed E-state index contributed by atoms with van der Waals surface area (Å²) in [7, 11) is 2.84. The van der Waals surface area contributed by atoms with Crippen molar-refractivity contribution in [2.24, 2.45) is 0 Å². The Bertz CT molecular complexity index is 1310. The lowest BCUT2D eigenvalue weighted by Gasteiger charge is -2.47. The number of carbonyl (C=O) groups is 1. The van der Waals surface area contributed by atoms with E-state index in [0.717, 1.165) is 5.56 Å². The molecule has 2 aromatic rings. The largest absolute Gasteiger partial charge is 0.506 e. The number of carbonyl (C=O) groups excluding carboxylic acids is 1. The monoisotopic (exact) mass is 488 g/mol. The van der Waals surface area contributed by atoms with Gasteiger partial charge in [-0.05, 0) is 29.5 Å². The lowest BCUT2D eigenvalue weighted by molar-refractivity contribution is -0.344. The van der Waals surface area contributed by atoms with Crippen LogP contribution in [0.5, 0.6) is 11.5 Å². The van der Waals surface area contributed by atoms with Crippen LogP contribution in [0, 0.1) is 6.92 Å². The van der Waals surface area contributed by atoms with Crippen molar-refractivity contribution >= 4 is 16.6 Å². The van der Waals surface area contributed by atoms with Gasteiger partial charge in [-0.1, -0.05) is 6.07 Å². The summed E-state index contributed by atoms with van der Waals surface area (Å²) in [4.78, 5) is 12.8. The molecule has 35 heavy (non-hydrogen) atoms. The number of hydrogen-bond acceptors (Lipinski definition) is 11. The third-order valence-corrected chi connectivity index (χ3v) is 8.10. The number of ether oxygens (including phenoxy) is 6. The number of ketones is 1. The maximum atomic E-state index is 12.8. The minimum absolute atomic E-state index is 0.0489. The van der Waals surface area contributed by atoms with Gasteiger partial charge in [-0.25, -0.2) is 0 Å². The fourth-order valence-corrected chi connectivity index (χ4v) is 6.46. The highest BCUT2D eigenvalue weighted by molar-refractivity contribution is 6.11. The van der Waals surface area contributed by atoms with Crippen LogP contribution in [-0.2, 0) is 23.7 Å². The molecular formula is C24H24O11. The number of fused-ring (bicyclic) bond motifs is 8. The molecule has 0 radical (unpaired) electrons. The molecule has 1 unspecified atom stereocenters. The Hall–Kier alpha value is -2.35. The summed E-state index contributed by atoms with van der Waals surface area (Å²) in [6, 6.07) is 3.37. The van der Waals surface area contributed by atoms with E-state index in [1.54, 1.807) is 12.1 Å². The molecule has 2 bridgehead atoms. The van der Waals surface area contributed by atoms with Crippen LogP contribution >= 0.6 is 0 Å². The van der Waals surface area contributed by atoms with Crippen molar-refractivity contribution in [3.8, 4) is 11.5 Å². The maximum absolute atomic E-state index is 12.8. The molecule has 4 aliphatic heterocycles. The predicted octanol–water partition coefficient (Wildman–Crippen LogP) is 0.470. The van der Waals surface area contributed by atoms with E-state index in [1.807, 2.05) is 6.92 Å². The van der Waals surface area contributed by atoms with Crippen molar-refractivity contribution in [3.05, 3.63) is 34.4 Å². The smallest absolute Gasteiger partial charge is 0.274 e. The van der Waals surface area contributed by atoms with Gasteiger partial charge in [-0.15, -0.1) is 0 Å². The highest BCUT2D eigenvalue weighted by Crippen LogP contribution is 2.70. The number of epoxide rings is 1. The van der Waals surface area contributed by atoms with Crippen LogP contribution in [0.25, 0.3) is 10.8 Å². The number of aryl methyl sites for hydroxylation is 1. The molecule has 0 saturated carbocycles. The molecule has 2 aromatic carbocycles. The molecule has 1 aliphatic carbocycles. The first-order valence-corrected chi connectivity index (χ1v) is 11.3. The zero-order valence-corrected chi connectivity index (χ0v) is 19.1. The maximum Gasteiger partial charge on any atom is 0.274 e. The zero-order chi connectivity index (χ0) is 24.7. The topological polar surface area (TPSA) is 157 Å². The number of phenols is 1. The molecule has 4 N–H and O–H groups in total. The number of rotatable bonds is 3. The second-order valence-electron chi connectivity index (χ2n) is 9.82. The first kappa shape index (κ1) is 21.9. The predicted molar refractivity (Wildman–Crippen MR) is 114 cm³/mol. The van der Waals surface area contributed by atoms with Gasteiger partial charge in [0.1, 0.15) is 23.7 Å². The molecule has 0 aromatic heterocycles. The van der Waals surface area contributed by atoms with E-state index < -0.39 is 59.4 Å². The molecule has 3 saturated heterocycles. The second-order valence-corrected chi connectivity index (χ2v) is 9.82. The van der Waals surface area contributed by atoms with Crippen LogP contribution in [0.4, 0.5) is 0 Å². The number of aromatic hydroxyl groups is 1. The molecular weight excluding hydrogens is 464 g/mol. The van der Waals surface area contributed by atoms with Crippen molar-refractivity contribution < 1.29 is 53.6 Å². The molecule has 186 valence electrons. The Morgan fingerprint density at radius 3 is 2.51 bits per heavy atom. The Kier molecular flexibility index (Phi) is 4.06. The van der Waals surface area contributed by atoms with Crippen LogP contribution in [0.2, 0.25) is 0 Å². The number of hydrogen-bond donors (Lipinski definition) is 4. The summed E-state index contributed by atoms with van der Waals surface area (Å²) in [5.41, 5.74) is -0.146. The van der Waals surface area contributed by atoms with Gasteiger partial charge in [0.05, 0.1) is 23.7 Å². The molecule has 11 heteroatoms. The third-order valence-electron chi connectivity index (χ3n) is 8.10. The number of methoxy groups -OCH3 is 2. The van der Waals surface area contributed by atoms with Crippen LogP contribution in [0.3, 0.4) is 0 Å². The number of benzene rings is 2. The second kappa shape index (κ2) is 6.50. The van der Waals surface area contributed by atoms with Crippen LogP contribution in [-0.4, -0.2) is 82.7 Å². The van der Waals surface area contributed by atoms with Crippen molar-refractivity contribution in [1.29, 1.82) is 0 Å². The van der Waals surface area contributed by atoms with E-state index in [4.69, 9.17) is 28.4 Å². The lowest BCUT2D eigenvalue weighted by Crippen LogP contribution is -2.69. The highest BCUT2D eigenvalue weighted by atomic mass is 16.9. The summed E-state index contributed by atoms with van der Waals surface area (Å²) in [6.07, 6.45) is -5.56. The van der Waals surface area contributed by atoms with Crippen molar-refractivity contribution in [2.75, 3.05) is 20.8 Å². The molecule has 4 heterocycles. The fraction of sp³-hybridized carbons (Fsp3) is 0.542. The molecule has 7 atom stereocenters. The van der Waals surface area contributed by atoms with Crippen LogP contribution in [0.1, 0.15) is 45.7 Å². The van der Waals surface area contributed by atoms with Gasteiger partial charge < -0.3 is 48.8 Å². The normalized spacial score (nSPS) is 40.4. The molecule has 1 spiro atoms. The van der Waals surface area contributed by atoms with E-state index >= 15 is 0 Å². The minimum Gasteiger partial charge on any atom is -0.506 e. The summed E-state index contributed by atoms with van der Waals surface area (Å²) < 4.78 is 35.5. The van der Waals surface area contributed by atoms with Crippen molar-refractivity contribution in [1.82, 2.24) is 0 Å². The van der Waals surface area contributed by atoms with Gasteiger partial charge in [0.15, 0.2) is 11.9 Å². The van der Waals surface area contributed by atoms with Gasteiger partial charge in [-0.2, -0.15) is 0 Å². The SMILES string of the molecule is COC(OC)[C@]12O[C@H]3c4c(C)cc5cc6c(c(O)c5c4O[C@](O)([C@H]3O1)C21CO1)C(=O)[C@@H](O)C[C@@H]6O. The van der Waals surface area contributed by atoms with E-state index in [-0.39, 0.29) is 35.3 Å². The van der Waals surface area contributed by atoms with E-state index in [2.05, 4.69) is 0 Å². The van der Waals surface area contributed by atoms with Gasteiger partial charge in [0, 0.05) is 26.2 Å². The average molecular weight is 488 g/mol. The first-order valence-electron chi connectivity index (χ1n) is 11.3. The van der Waals surface area contributed by atoms with E-state index in [9.17, 15) is 25.2 Å². The van der Waals surface area contributed by atoms with Gasteiger partial charge in [-0.3, -0.25) is 4.79 Å². The summed E-state index contributed by atoms with van der Waals surface area (Å²) >= 11 is 0. The van der Waals surface area contributed by atoms with Crippen LogP contribution in [0.15, 0.2) is 12.1 Å². The standard InChI is InChI=1S/C24H24O11/c1-8-4-9-5-10-11(25)6-12(26)16(27)15(10)17(28)14(9)18-13(8)19-20-23(29,33-18)22(7-32-22)24(34-19,35-20)21(30-2)31-3/h4-5,11-12,19-21,25-26,28-29H,6-7H2,1-3H3/t11-,12-,19-,20-,22?,23+,24-/m0/s1. The van der Waals surface area contributed by atoms with Gasteiger partial charge in [0.2, 0.25) is 11.9 Å². The Balaban J connectivity index is 1.49. The molecule has 3 fully saturated rings. The first-order chi connectivity index (χ1) is 16.6. The van der Waals surface area contributed by atoms with E-state index in [1.165, 1.54) is 14.2 Å². The Morgan fingerprint density at radius 1 is 1.14 bits per heavy atom.